The van der Waals surface area contributed by atoms with Crippen molar-refractivity contribution in [2.45, 2.75) is 38.0 Å². The van der Waals surface area contributed by atoms with Crippen LogP contribution in [0, 0.1) is 0 Å². The summed E-state index contributed by atoms with van der Waals surface area (Å²) in [7, 11) is 1.40. The van der Waals surface area contributed by atoms with Gasteiger partial charge in [0.1, 0.15) is 0 Å². The first-order valence-corrected chi connectivity index (χ1v) is 8.89. The van der Waals surface area contributed by atoms with Gasteiger partial charge in [-0.2, -0.15) is 0 Å². The molecule has 1 atom stereocenters. The highest BCUT2D eigenvalue weighted by Crippen LogP contribution is 2.33. The number of carbonyl (C=O) groups is 1. The first kappa shape index (κ1) is 15.9. The molecule has 4 rings (SSSR count). The monoisotopic (exact) mass is 334 g/mol. The minimum absolute atomic E-state index is 0.333. The van der Waals surface area contributed by atoms with E-state index in [1.165, 1.54) is 43.9 Å². The van der Waals surface area contributed by atoms with Gasteiger partial charge in [-0.15, -0.1) is 0 Å². The molecule has 0 radical (unpaired) electrons. The Bertz CT molecular complexity index is 913. The molecular formula is C21H22N2O2. The van der Waals surface area contributed by atoms with E-state index in [0.29, 0.717) is 11.5 Å². The van der Waals surface area contributed by atoms with Crippen LogP contribution < -0.4 is 0 Å². The van der Waals surface area contributed by atoms with Gasteiger partial charge in [-0.25, -0.2) is 4.79 Å². The number of aromatic nitrogens is 2. The van der Waals surface area contributed by atoms with Gasteiger partial charge in [0.15, 0.2) is 0 Å². The van der Waals surface area contributed by atoms with Crippen molar-refractivity contribution < 1.29 is 9.53 Å². The van der Waals surface area contributed by atoms with Crippen LogP contribution in [0.3, 0.4) is 0 Å². The largest absolute Gasteiger partial charge is 0.465 e. The fourth-order valence-electron chi connectivity index (χ4n) is 3.97. The highest BCUT2D eigenvalue weighted by Gasteiger charge is 2.20. The van der Waals surface area contributed by atoms with E-state index in [0.717, 1.165) is 23.1 Å². The molecule has 128 valence electrons. The van der Waals surface area contributed by atoms with Crippen LogP contribution >= 0.6 is 0 Å². The van der Waals surface area contributed by atoms with E-state index in [4.69, 9.17) is 4.74 Å². The van der Waals surface area contributed by atoms with Crippen LogP contribution in [0.25, 0.3) is 11.0 Å². The number of benzene rings is 1. The number of H-pyrrole nitrogens is 1. The van der Waals surface area contributed by atoms with Gasteiger partial charge in [0.05, 0.1) is 23.7 Å². The van der Waals surface area contributed by atoms with Crippen LogP contribution in [-0.2, 0) is 17.6 Å². The number of fused-ring (bicyclic) bond motifs is 2. The zero-order valence-electron chi connectivity index (χ0n) is 14.4. The van der Waals surface area contributed by atoms with Crippen molar-refractivity contribution in [3.8, 4) is 0 Å². The standard InChI is InChI=1S/C21H22N2O2/c1-25-21(24)18-10-11-22-19-13-16(23-20(18)19)12-15-8-3-2-6-14-7-4-5-9-17(14)15/h4-5,7,9-11,13,15,23H,2-3,6,8,12H2,1H3. The van der Waals surface area contributed by atoms with E-state index in [1.807, 2.05) is 0 Å². The number of esters is 1. The van der Waals surface area contributed by atoms with Gasteiger partial charge in [0.25, 0.3) is 0 Å². The van der Waals surface area contributed by atoms with Gasteiger partial charge in [-0.1, -0.05) is 30.7 Å². The average molecular weight is 334 g/mol. The fourth-order valence-corrected chi connectivity index (χ4v) is 3.97. The second kappa shape index (κ2) is 6.71. The molecule has 1 aliphatic rings. The number of aryl methyl sites for hydroxylation is 1. The molecule has 2 heterocycles. The Hall–Kier alpha value is -2.62. The van der Waals surface area contributed by atoms with Gasteiger partial charge in [-0.3, -0.25) is 4.98 Å². The zero-order valence-corrected chi connectivity index (χ0v) is 14.4. The van der Waals surface area contributed by atoms with E-state index in [1.54, 1.807) is 12.3 Å². The molecule has 25 heavy (non-hydrogen) atoms. The normalized spacial score (nSPS) is 17.1. The maximum Gasteiger partial charge on any atom is 0.340 e. The van der Waals surface area contributed by atoms with Crippen molar-refractivity contribution in [3.05, 3.63) is 65.0 Å². The number of hydrogen-bond acceptors (Lipinski definition) is 3. The van der Waals surface area contributed by atoms with E-state index < -0.39 is 0 Å². The quantitative estimate of drug-likeness (QED) is 0.570. The smallest absolute Gasteiger partial charge is 0.340 e. The zero-order chi connectivity index (χ0) is 17.2. The summed E-state index contributed by atoms with van der Waals surface area (Å²) in [6, 6.07) is 12.6. The summed E-state index contributed by atoms with van der Waals surface area (Å²) in [5.41, 5.74) is 6.21. The van der Waals surface area contributed by atoms with Gasteiger partial charge in [0, 0.05) is 11.9 Å². The second-order valence-electron chi connectivity index (χ2n) is 6.75. The number of carbonyl (C=O) groups excluding carboxylic acids is 1. The van der Waals surface area contributed by atoms with Crippen molar-refractivity contribution in [2.24, 2.45) is 0 Å². The minimum atomic E-state index is -0.333. The number of pyridine rings is 1. The summed E-state index contributed by atoms with van der Waals surface area (Å²) < 4.78 is 4.88. The topological polar surface area (TPSA) is 55.0 Å². The van der Waals surface area contributed by atoms with Crippen molar-refractivity contribution in [1.82, 2.24) is 9.97 Å². The van der Waals surface area contributed by atoms with E-state index in [9.17, 15) is 4.79 Å². The molecule has 0 amide bonds. The van der Waals surface area contributed by atoms with Gasteiger partial charge < -0.3 is 9.72 Å². The summed E-state index contributed by atoms with van der Waals surface area (Å²) in [4.78, 5) is 19.8. The summed E-state index contributed by atoms with van der Waals surface area (Å²) >= 11 is 0. The van der Waals surface area contributed by atoms with Crippen molar-refractivity contribution in [3.63, 3.8) is 0 Å². The lowest BCUT2D eigenvalue weighted by molar-refractivity contribution is 0.0602. The van der Waals surface area contributed by atoms with Crippen LogP contribution in [0.4, 0.5) is 0 Å². The minimum Gasteiger partial charge on any atom is -0.465 e. The summed E-state index contributed by atoms with van der Waals surface area (Å²) in [5, 5.41) is 0. The Labute approximate surface area is 147 Å². The maximum atomic E-state index is 12.0. The molecule has 0 fully saturated rings. The molecule has 2 aromatic heterocycles. The molecule has 3 aromatic rings. The molecule has 1 unspecified atom stereocenters. The Morgan fingerprint density at radius 1 is 1.28 bits per heavy atom. The Morgan fingerprint density at radius 2 is 2.16 bits per heavy atom. The van der Waals surface area contributed by atoms with E-state index >= 15 is 0 Å². The number of nitrogens with one attached hydrogen (secondary N) is 1. The third-order valence-electron chi connectivity index (χ3n) is 5.19. The summed E-state index contributed by atoms with van der Waals surface area (Å²) in [6.45, 7) is 0. The number of methoxy groups -OCH3 is 1. The highest BCUT2D eigenvalue weighted by molar-refractivity contribution is 6.01. The molecular weight excluding hydrogens is 312 g/mol. The van der Waals surface area contributed by atoms with Crippen molar-refractivity contribution in [1.29, 1.82) is 0 Å². The average Bonchev–Trinajstić information content (AvgIpc) is 2.95. The van der Waals surface area contributed by atoms with E-state index in [2.05, 4.69) is 40.3 Å². The second-order valence-corrected chi connectivity index (χ2v) is 6.75. The predicted molar refractivity (Wildman–Crippen MR) is 97.9 cm³/mol. The highest BCUT2D eigenvalue weighted by atomic mass is 16.5. The van der Waals surface area contributed by atoms with Crippen molar-refractivity contribution in [2.75, 3.05) is 7.11 Å². The lowest BCUT2D eigenvalue weighted by Gasteiger charge is -2.16. The van der Waals surface area contributed by atoms with Gasteiger partial charge in [-0.05, 0) is 54.9 Å². The van der Waals surface area contributed by atoms with Gasteiger partial charge >= 0.3 is 5.97 Å². The summed E-state index contributed by atoms with van der Waals surface area (Å²) in [5.74, 6) is 0.175. The molecule has 1 aliphatic carbocycles. The SMILES string of the molecule is COC(=O)c1ccnc2cc(CC3CCCCc4ccccc43)[nH]c12. The Kier molecular flexibility index (Phi) is 4.26. The van der Waals surface area contributed by atoms with Crippen LogP contribution in [-0.4, -0.2) is 23.0 Å². The molecule has 4 heteroatoms. The molecule has 4 nitrogen and oxygen atoms in total. The lowest BCUT2D eigenvalue weighted by atomic mass is 9.89. The van der Waals surface area contributed by atoms with Gasteiger partial charge in [0.2, 0.25) is 0 Å². The molecule has 1 aromatic carbocycles. The van der Waals surface area contributed by atoms with Crippen LogP contribution in [0.15, 0.2) is 42.6 Å². The molecule has 0 bridgehead atoms. The number of hydrogen-bond donors (Lipinski definition) is 1. The van der Waals surface area contributed by atoms with E-state index in [-0.39, 0.29) is 5.97 Å². The Morgan fingerprint density at radius 3 is 3.04 bits per heavy atom. The number of aromatic amines is 1. The molecule has 0 spiro atoms. The lowest BCUT2D eigenvalue weighted by Crippen LogP contribution is -2.05. The number of ether oxygens (including phenoxy) is 1. The Balaban J connectivity index is 1.68. The van der Waals surface area contributed by atoms with Crippen LogP contribution in [0.2, 0.25) is 0 Å². The summed E-state index contributed by atoms with van der Waals surface area (Å²) in [6.07, 6.45) is 7.48. The first-order chi connectivity index (χ1) is 12.3. The number of rotatable bonds is 3. The maximum absolute atomic E-state index is 12.0. The third kappa shape index (κ3) is 3.04. The molecule has 0 saturated heterocycles. The molecule has 0 saturated carbocycles. The third-order valence-corrected chi connectivity index (χ3v) is 5.19. The van der Waals surface area contributed by atoms with Crippen LogP contribution in [0.5, 0.6) is 0 Å². The van der Waals surface area contributed by atoms with Crippen molar-refractivity contribution >= 4 is 17.0 Å². The predicted octanol–water partition coefficient (Wildman–Crippen LogP) is 4.40. The molecule has 1 N–H and O–H groups in total. The first-order valence-electron chi connectivity index (χ1n) is 8.89. The fraction of sp³-hybridized carbons (Fsp3) is 0.333. The molecule has 0 aliphatic heterocycles. The van der Waals surface area contributed by atoms with Crippen LogP contribution in [0.1, 0.15) is 52.4 Å². The number of nitrogens with zero attached hydrogens (tertiary/aromatic N) is 1.